The summed E-state index contributed by atoms with van der Waals surface area (Å²) in [7, 11) is 1.65. The second-order valence-corrected chi connectivity index (χ2v) is 7.10. The fourth-order valence-corrected chi connectivity index (χ4v) is 3.48. The van der Waals surface area contributed by atoms with E-state index in [-0.39, 0.29) is 5.91 Å². The molecule has 0 aliphatic rings. The number of ether oxygens (including phenoxy) is 1. The molecule has 0 fully saturated rings. The third kappa shape index (κ3) is 3.96. The largest absolute Gasteiger partial charge is 0.496 e. The number of hydrogen-bond donors (Lipinski definition) is 2. The number of methoxy groups -OCH3 is 1. The lowest BCUT2D eigenvalue weighted by atomic mass is 10.1. The van der Waals surface area contributed by atoms with Gasteiger partial charge in [-0.15, -0.1) is 0 Å². The van der Waals surface area contributed by atoms with Crippen LogP contribution in [0.4, 0.5) is 0 Å². The van der Waals surface area contributed by atoms with Gasteiger partial charge in [0.2, 0.25) is 0 Å². The van der Waals surface area contributed by atoms with Crippen LogP contribution in [0.1, 0.15) is 32.9 Å². The number of amides is 1. The third-order valence-electron chi connectivity index (χ3n) is 4.94. The number of aryl methyl sites for hydroxylation is 2. The number of hydrogen-bond acceptors (Lipinski definition) is 4. The maximum atomic E-state index is 12.5. The van der Waals surface area contributed by atoms with Crippen molar-refractivity contribution in [3.8, 4) is 5.75 Å². The Morgan fingerprint density at radius 3 is 2.83 bits per heavy atom. The van der Waals surface area contributed by atoms with Crippen molar-refractivity contribution in [3.05, 3.63) is 82.8 Å². The first kappa shape index (κ1) is 19.4. The maximum Gasteiger partial charge on any atom is 0.273 e. The van der Waals surface area contributed by atoms with Crippen molar-refractivity contribution in [1.29, 1.82) is 0 Å². The van der Waals surface area contributed by atoms with Crippen molar-refractivity contribution < 1.29 is 9.53 Å². The summed E-state index contributed by atoms with van der Waals surface area (Å²) < 4.78 is 7.43. The molecule has 7 heteroatoms. The van der Waals surface area contributed by atoms with Gasteiger partial charge in [0.25, 0.3) is 5.91 Å². The third-order valence-corrected chi connectivity index (χ3v) is 4.94. The highest BCUT2D eigenvalue weighted by atomic mass is 16.5. The minimum atomic E-state index is -0.264. The molecule has 0 aliphatic carbocycles. The Labute approximate surface area is 174 Å². The zero-order chi connectivity index (χ0) is 21.1. The minimum absolute atomic E-state index is 0.264. The number of hydrazone groups is 1. The van der Waals surface area contributed by atoms with E-state index in [0.29, 0.717) is 12.1 Å². The van der Waals surface area contributed by atoms with Crippen LogP contribution in [0.5, 0.6) is 5.75 Å². The van der Waals surface area contributed by atoms with Crippen molar-refractivity contribution in [2.75, 3.05) is 7.11 Å². The van der Waals surface area contributed by atoms with E-state index in [0.717, 1.165) is 39.2 Å². The number of aromatic amines is 1. The molecule has 30 heavy (non-hydrogen) atoms. The van der Waals surface area contributed by atoms with Gasteiger partial charge in [-0.3, -0.25) is 9.48 Å². The summed E-state index contributed by atoms with van der Waals surface area (Å²) >= 11 is 0. The highest BCUT2D eigenvalue weighted by Gasteiger charge is 2.11. The Kier molecular flexibility index (Phi) is 5.34. The summed E-state index contributed by atoms with van der Waals surface area (Å²) in [6.45, 7) is 4.59. The zero-order valence-corrected chi connectivity index (χ0v) is 17.1. The molecule has 0 aliphatic heterocycles. The molecule has 4 aromatic rings. The van der Waals surface area contributed by atoms with E-state index in [1.54, 1.807) is 19.5 Å². The Morgan fingerprint density at radius 2 is 2.07 bits per heavy atom. The number of nitrogens with one attached hydrogen (secondary N) is 2. The van der Waals surface area contributed by atoms with Crippen LogP contribution in [-0.2, 0) is 6.54 Å². The standard InChI is InChI=1S/C23H23N5O2/c1-15-10-16(2)28(27-15)14-18-11-17(8-9-22(18)30-3)12-25-26-23(29)20-13-24-21-7-5-4-6-19(20)21/h4-13,24H,14H2,1-3H3,(H,26,29)/b25-12+. The lowest BCUT2D eigenvalue weighted by Crippen LogP contribution is -2.17. The zero-order valence-electron chi connectivity index (χ0n) is 17.1. The van der Waals surface area contributed by atoms with E-state index in [1.165, 1.54) is 0 Å². The highest BCUT2D eigenvalue weighted by molar-refractivity contribution is 6.06. The van der Waals surface area contributed by atoms with Gasteiger partial charge in [-0.05, 0) is 49.7 Å². The predicted octanol–water partition coefficient (Wildman–Crippen LogP) is 3.80. The van der Waals surface area contributed by atoms with Gasteiger partial charge in [-0.2, -0.15) is 10.2 Å². The molecule has 0 saturated heterocycles. The van der Waals surface area contributed by atoms with Crippen molar-refractivity contribution in [3.63, 3.8) is 0 Å². The van der Waals surface area contributed by atoms with Gasteiger partial charge in [-0.1, -0.05) is 18.2 Å². The topological polar surface area (TPSA) is 84.3 Å². The van der Waals surface area contributed by atoms with Gasteiger partial charge >= 0.3 is 0 Å². The maximum absolute atomic E-state index is 12.5. The van der Waals surface area contributed by atoms with Crippen LogP contribution < -0.4 is 10.2 Å². The van der Waals surface area contributed by atoms with Crippen molar-refractivity contribution in [1.82, 2.24) is 20.2 Å². The Balaban J connectivity index is 1.50. The molecule has 0 saturated carbocycles. The van der Waals surface area contributed by atoms with Crippen molar-refractivity contribution >= 4 is 23.0 Å². The quantitative estimate of drug-likeness (QED) is 0.381. The normalized spacial score (nSPS) is 11.3. The fraction of sp³-hybridized carbons (Fsp3) is 0.174. The SMILES string of the molecule is COc1ccc(/C=N/NC(=O)c2c[nH]c3ccccc23)cc1Cn1nc(C)cc1C. The number of nitrogens with zero attached hydrogens (tertiary/aromatic N) is 3. The van der Waals surface area contributed by atoms with E-state index in [9.17, 15) is 4.79 Å². The molecule has 0 radical (unpaired) electrons. The van der Waals surface area contributed by atoms with Crippen molar-refractivity contribution in [2.45, 2.75) is 20.4 Å². The molecular formula is C23H23N5O2. The summed E-state index contributed by atoms with van der Waals surface area (Å²) in [6.07, 6.45) is 3.31. The first-order valence-electron chi connectivity index (χ1n) is 9.62. The molecule has 2 aromatic heterocycles. The van der Waals surface area contributed by atoms with E-state index in [2.05, 4.69) is 20.6 Å². The number of benzene rings is 2. The summed E-state index contributed by atoms with van der Waals surface area (Å²) in [4.78, 5) is 15.6. The first-order valence-corrected chi connectivity index (χ1v) is 9.62. The fourth-order valence-electron chi connectivity index (χ4n) is 3.48. The Bertz CT molecular complexity index is 1240. The second-order valence-electron chi connectivity index (χ2n) is 7.10. The van der Waals surface area contributed by atoms with Crippen molar-refractivity contribution in [2.24, 2.45) is 5.10 Å². The van der Waals surface area contributed by atoms with Crippen LogP contribution in [0.15, 0.2) is 59.8 Å². The van der Waals surface area contributed by atoms with E-state index >= 15 is 0 Å². The lowest BCUT2D eigenvalue weighted by Gasteiger charge is -2.11. The average molecular weight is 401 g/mol. The van der Waals surface area contributed by atoms with Gasteiger partial charge in [0.05, 0.1) is 31.1 Å². The van der Waals surface area contributed by atoms with Gasteiger partial charge in [0.15, 0.2) is 0 Å². The molecule has 0 unspecified atom stereocenters. The smallest absolute Gasteiger partial charge is 0.273 e. The van der Waals surface area contributed by atoms with Gasteiger partial charge in [0.1, 0.15) is 5.75 Å². The van der Waals surface area contributed by atoms with Crippen LogP contribution in [0.25, 0.3) is 10.9 Å². The summed E-state index contributed by atoms with van der Waals surface area (Å²) in [6, 6.07) is 15.5. The van der Waals surface area contributed by atoms with E-state index in [4.69, 9.17) is 4.74 Å². The van der Waals surface area contributed by atoms with Crippen LogP contribution in [0, 0.1) is 13.8 Å². The predicted molar refractivity (Wildman–Crippen MR) is 117 cm³/mol. The number of H-pyrrole nitrogens is 1. The minimum Gasteiger partial charge on any atom is -0.496 e. The summed E-state index contributed by atoms with van der Waals surface area (Å²) in [5.41, 5.74) is 7.96. The first-order chi connectivity index (χ1) is 14.5. The van der Waals surface area contributed by atoms with Gasteiger partial charge < -0.3 is 9.72 Å². The lowest BCUT2D eigenvalue weighted by molar-refractivity contribution is 0.0957. The summed E-state index contributed by atoms with van der Waals surface area (Å²) in [5.74, 6) is 0.516. The van der Waals surface area contributed by atoms with E-state index in [1.807, 2.05) is 67.1 Å². The Morgan fingerprint density at radius 1 is 1.23 bits per heavy atom. The molecule has 0 bridgehead atoms. The molecule has 1 amide bonds. The second kappa shape index (κ2) is 8.24. The number of rotatable bonds is 6. The molecule has 152 valence electrons. The molecule has 7 nitrogen and oxygen atoms in total. The molecule has 2 N–H and O–H groups in total. The van der Waals surface area contributed by atoms with Crippen LogP contribution >= 0.6 is 0 Å². The number of fused-ring (bicyclic) bond motifs is 1. The average Bonchev–Trinajstić information content (AvgIpc) is 3.31. The van der Waals surface area contributed by atoms with Crippen LogP contribution in [0.3, 0.4) is 0 Å². The summed E-state index contributed by atoms with van der Waals surface area (Å²) in [5, 5.41) is 9.51. The number of aromatic nitrogens is 3. The van der Waals surface area contributed by atoms with E-state index < -0.39 is 0 Å². The van der Waals surface area contributed by atoms with Crippen LogP contribution in [-0.4, -0.2) is 34.0 Å². The molecular weight excluding hydrogens is 378 g/mol. The Hall–Kier alpha value is -3.87. The molecule has 0 spiro atoms. The monoisotopic (exact) mass is 401 g/mol. The highest BCUT2D eigenvalue weighted by Crippen LogP contribution is 2.21. The molecule has 4 rings (SSSR count). The molecule has 2 aromatic carbocycles. The molecule has 0 atom stereocenters. The number of para-hydroxylation sites is 1. The molecule has 2 heterocycles. The number of carbonyl (C=O) groups is 1. The number of carbonyl (C=O) groups excluding carboxylic acids is 1. The van der Waals surface area contributed by atoms with Crippen LogP contribution in [0.2, 0.25) is 0 Å². The van der Waals surface area contributed by atoms with Gasteiger partial charge in [-0.25, -0.2) is 5.43 Å². The van der Waals surface area contributed by atoms with Gasteiger partial charge in [0, 0.05) is 28.4 Å².